The molecule has 0 amide bonds. The van der Waals surface area contributed by atoms with E-state index in [-0.39, 0.29) is 11.1 Å². The molecular formula is C15H27N3O2S. The van der Waals surface area contributed by atoms with Gasteiger partial charge >= 0.3 is 0 Å². The third-order valence-electron chi connectivity index (χ3n) is 3.19. The van der Waals surface area contributed by atoms with Crippen LogP contribution in [0, 0.1) is 0 Å². The third kappa shape index (κ3) is 6.01. The molecular weight excluding hydrogens is 286 g/mol. The highest BCUT2D eigenvalue weighted by molar-refractivity contribution is 7.89. The minimum absolute atomic E-state index is 0.0809. The maximum atomic E-state index is 12.4. The number of nitrogens with one attached hydrogen (secondary N) is 2. The van der Waals surface area contributed by atoms with Gasteiger partial charge in [-0.1, -0.05) is 33.1 Å². The normalized spacial score (nSPS) is 13.1. The Bertz CT molecular complexity index is 517. The largest absolute Gasteiger partial charge is 0.383 e. The molecule has 1 atom stereocenters. The Labute approximate surface area is 128 Å². The molecule has 0 aliphatic rings. The standard InChI is InChI=1S/C15H27N3O2S/c1-4-6-7-9-13(3)18-21(19,20)15-14(16-11-5-2)10-8-12-17-15/h8,10,12-13,16,18H,4-7,9,11H2,1-3H3. The average Bonchev–Trinajstić information content (AvgIpc) is 2.45. The molecule has 0 aromatic carbocycles. The maximum Gasteiger partial charge on any atom is 0.260 e. The van der Waals surface area contributed by atoms with E-state index in [2.05, 4.69) is 21.9 Å². The third-order valence-corrected chi connectivity index (χ3v) is 4.74. The van der Waals surface area contributed by atoms with E-state index in [1.54, 1.807) is 12.1 Å². The van der Waals surface area contributed by atoms with Crippen LogP contribution in [0.25, 0.3) is 0 Å². The van der Waals surface area contributed by atoms with Crippen LogP contribution in [0.5, 0.6) is 0 Å². The molecule has 1 heterocycles. The summed E-state index contributed by atoms with van der Waals surface area (Å²) in [5.41, 5.74) is 0.563. The number of anilines is 1. The van der Waals surface area contributed by atoms with Gasteiger partial charge in [-0.05, 0) is 31.9 Å². The summed E-state index contributed by atoms with van der Waals surface area (Å²) in [5.74, 6) is 0. The zero-order valence-corrected chi connectivity index (χ0v) is 14.0. The van der Waals surface area contributed by atoms with E-state index in [1.165, 1.54) is 6.20 Å². The second kappa shape index (κ2) is 9.00. The highest BCUT2D eigenvalue weighted by Gasteiger charge is 2.22. The van der Waals surface area contributed by atoms with Gasteiger partial charge in [-0.3, -0.25) is 0 Å². The van der Waals surface area contributed by atoms with Crippen molar-refractivity contribution in [1.29, 1.82) is 0 Å². The Morgan fingerprint density at radius 2 is 2.00 bits per heavy atom. The summed E-state index contributed by atoms with van der Waals surface area (Å²) in [6.45, 7) is 6.79. The quantitative estimate of drug-likeness (QED) is 0.651. The number of rotatable bonds is 10. The van der Waals surface area contributed by atoms with Gasteiger partial charge in [-0.25, -0.2) is 18.1 Å². The molecule has 0 fully saturated rings. The number of sulfonamides is 1. The van der Waals surface area contributed by atoms with Crippen LogP contribution in [0.15, 0.2) is 23.4 Å². The van der Waals surface area contributed by atoms with Gasteiger partial charge in [-0.15, -0.1) is 0 Å². The molecule has 0 aliphatic carbocycles. The SMILES string of the molecule is CCCCCC(C)NS(=O)(=O)c1ncccc1NCCC. The summed E-state index contributed by atoms with van der Waals surface area (Å²) >= 11 is 0. The molecule has 5 nitrogen and oxygen atoms in total. The zero-order valence-electron chi connectivity index (χ0n) is 13.2. The molecule has 1 rings (SSSR count). The summed E-state index contributed by atoms with van der Waals surface area (Å²) in [6.07, 6.45) is 6.56. The predicted octanol–water partition coefficient (Wildman–Crippen LogP) is 3.15. The highest BCUT2D eigenvalue weighted by atomic mass is 32.2. The van der Waals surface area contributed by atoms with Crippen molar-refractivity contribution in [3.8, 4) is 0 Å². The predicted molar refractivity (Wildman–Crippen MR) is 86.9 cm³/mol. The molecule has 0 bridgehead atoms. The monoisotopic (exact) mass is 313 g/mol. The minimum atomic E-state index is -3.58. The van der Waals surface area contributed by atoms with Crippen LogP contribution in [-0.4, -0.2) is 26.0 Å². The second-order valence-corrected chi connectivity index (χ2v) is 6.93. The Morgan fingerprint density at radius 1 is 1.24 bits per heavy atom. The molecule has 0 radical (unpaired) electrons. The summed E-state index contributed by atoms with van der Waals surface area (Å²) < 4.78 is 27.6. The van der Waals surface area contributed by atoms with Crippen molar-refractivity contribution in [1.82, 2.24) is 9.71 Å². The molecule has 6 heteroatoms. The molecule has 0 spiro atoms. The number of hydrogen-bond acceptors (Lipinski definition) is 4. The fourth-order valence-corrected chi connectivity index (χ4v) is 3.47. The molecule has 21 heavy (non-hydrogen) atoms. The lowest BCUT2D eigenvalue weighted by atomic mass is 10.1. The Balaban J connectivity index is 2.77. The first kappa shape index (κ1) is 17.9. The Morgan fingerprint density at radius 3 is 2.67 bits per heavy atom. The Hall–Kier alpha value is -1.14. The van der Waals surface area contributed by atoms with Gasteiger partial charge in [0.05, 0.1) is 5.69 Å². The van der Waals surface area contributed by atoms with Gasteiger partial charge in [0.15, 0.2) is 5.03 Å². The lowest BCUT2D eigenvalue weighted by Gasteiger charge is -2.16. The zero-order chi connectivity index (χ0) is 15.7. The molecule has 1 unspecified atom stereocenters. The summed E-state index contributed by atoms with van der Waals surface area (Å²) in [7, 11) is -3.58. The van der Waals surface area contributed by atoms with Gasteiger partial charge in [-0.2, -0.15) is 0 Å². The van der Waals surface area contributed by atoms with Crippen molar-refractivity contribution in [2.75, 3.05) is 11.9 Å². The summed E-state index contributed by atoms with van der Waals surface area (Å²) in [4.78, 5) is 4.04. The van der Waals surface area contributed by atoms with E-state index in [4.69, 9.17) is 0 Å². The van der Waals surface area contributed by atoms with Crippen LogP contribution >= 0.6 is 0 Å². The first-order valence-corrected chi connectivity index (χ1v) is 9.20. The van der Waals surface area contributed by atoms with Crippen molar-refractivity contribution in [2.24, 2.45) is 0 Å². The molecule has 0 aliphatic heterocycles. The topological polar surface area (TPSA) is 71.1 Å². The van der Waals surface area contributed by atoms with Gasteiger partial charge in [0.1, 0.15) is 0 Å². The molecule has 0 saturated carbocycles. The number of aromatic nitrogens is 1. The second-order valence-electron chi connectivity index (χ2n) is 5.30. The van der Waals surface area contributed by atoms with Crippen molar-refractivity contribution >= 4 is 15.7 Å². The summed E-state index contributed by atoms with van der Waals surface area (Å²) in [5, 5.41) is 3.20. The smallest absolute Gasteiger partial charge is 0.260 e. The number of unbranched alkanes of at least 4 members (excludes halogenated alkanes) is 2. The van der Waals surface area contributed by atoms with E-state index in [1.807, 2.05) is 13.8 Å². The number of nitrogens with zero attached hydrogens (tertiary/aromatic N) is 1. The first-order chi connectivity index (χ1) is 10.0. The van der Waals surface area contributed by atoms with Gasteiger partial charge in [0.2, 0.25) is 0 Å². The van der Waals surface area contributed by atoms with Crippen molar-refractivity contribution in [3.05, 3.63) is 18.3 Å². The van der Waals surface area contributed by atoms with E-state index in [9.17, 15) is 8.42 Å². The maximum absolute atomic E-state index is 12.4. The van der Waals surface area contributed by atoms with Crippen molar-refractivity contribution in [2.45, 2.75) is 63.9 Å². The van der Waals surface area contributed by atoms with Crippen LogP contribution in [0.1, 0.15) is 52.9 Å². The average molecular weight is 313 g/mol. The molecule has 1 aromatic heterocycles. The fraction of sp³-hybridized carbons (Fsp3) is 0.667. The van der Waals surface area contributed by atoms with Crippen LogP contribution in [0.2, 0.25) is 0 Å². The van der Waals surface area contributed by atoms with Crippen molar-refractivity contribution < 1.29 is 8.42 Å². The summed E-state index contributed by atoms with van der Waals surface area (Å²) in [6, 6.07) is 3.41. The minimum Gasteiger partial charge on any atom is -0.383 e. The van der Waals surface area contributed by atoms with E-state index in [0.717, 1.165) is 38.6 Å². The lowest BCUT2D eigenvalue weighted by molar-refractivity contribution is 0.525. The number of hydrogen-bond donors (Lipinski definition) is 2. The van der Waals surface area contributed by atoms with Gasteiger partial charge < -0.3 is 5.32 Å². The van der Waals surface area contributed by atoms with Crippen LogP contribution in [0.4, 0.5) is 5.69 Å². The van der Waals surface area contributed by atoms with Gasteiger partial charge in [0, 0.05) is 18.8 Å². The Kier molecular flexibility index (Phi) is 7.67. The molecule has 120 valence electrons. The van der Waals surface area contributed by atoms with Crippen LogP contribution in [0.3, 0.4) is 0 Å². The molecule has 2 N–H and O–H groups in total. The van der Waals surface area contributed by atoms with Crippen LogP contribution in [-0.2, 0) is 10.0 Å². The lowest BCUT2D eigenvalue weighted by Crippen LogP contribution is -2.33. The van der Waals surface area contributed by atoms with Gasteiger partial charge in [0.25, 0.3) is 10.0 Å². The van der Waals surface area contributed by atoms with E-state index >= 15 is 0 Å². The van der Waals surface area contributed by atoms with E-state index in [0.29, 0.717) is 5.69 Å². The highest BCUT2D eigenvalue weighted by Crippen LogP contribution is 2.18. The van der Waals surface area contributed by atoms with E-state index < -0.39 is 10.0 Å². The fourth-order valence-electron chi connectivity index (χ4n) is 2.08. The molecule has 1 aromatic rings. The van der Waals surface area contributed by atoms with Crippen LogP contribution < -0.4 is 10.0 Å². The molecule has 0 saturated heterocycles. The number of pyridine rings is 1. The van der Waals surface area contributed by atoms with Crippen molar-refractivity contribution in [3.63, 3.8) is 0 Å². The first-order valence-electron chi connectivity index (χ1n) is 7.72.